The molecule has 1 aliphatic rings. The Kier molecular flexibility index (Phi) is 4.91. The normalized spacial score (nSPS) is 21.4. The number of nitrogens with two attached hydrogens (primary N) is 1. The molecule has 0 amide bonds. The van der Waals surface area contributed by atoms with Crippen molar-refractivity contribution in [2.45, 2.75) is 27.2 Å². The van der Waals surface area contributed by atoms with Gasteiger partial charge in [-0.2, -0.15) is 0 Å². The van der Waals surface area contributed by atoms with Gasteiger partial charge in [-0.05, 0) is 24.3 Å². The van der Waals surface area contributed by atoms with Crippen LogP contribution in [0, 0.1) is 11.8 Å². The van der Waals surface area contributed by atoms with Gasteiger partial charge in [0.1, 0.15) is 0 Å². The van der Waals surface area contributed by atoms with Gasteiger partial charge >= 0.3 is 0 Å². The van der Waals surface area contributed by atoms with Crippen LogP contribution in [0.4, 0.5) is 0 Å². The van der Waals surface area contributed by atoms with Gasteiger partial charge in [-0.15, -0.1) is 0 Å². The molecule has 17 heavy (non-hydrogen) atoms. The summed E-state index contributed by atoms with van der Waals surface area (Å²) in [6, 6.07) is 0. The molecule has 1 rings (SSSR count). The molecule has 0 bridgehead atoms. The number of sulfonamides is 1. The summed E-state index contributed by atoms with van der Waals surface area (Å²) in [5.74, 6) is 0.743. The predicted molar refractivity (Wildman–Crippen MR) is 70.8 cm³/mol. The molecule has 0 fully saturated rings. The standard InChI is InChI=1S/C12H22N2O2S/c1-9(2)12-5-4-11(8-10(12)3)17(15,16)14-7-6-13/h4-5,9-10,14H,6-8,13H2,1-3H3. The van der Waals surface area contributed by atoms with Crippen molar-refractivity contribution in [1.29, 1.82) is 0 Å². The quantitative estimate of drug-likeness (QED) is 0.782. The molecule has 0 radical (unpaired) electrons. The minimum absolute atomic E-state index is 0.282. The molecule has 1 atom stereocenters. The van der Waals surface area contributed by atoms with Crippen molar-refractivity contribution in [2.75, 3.05) is 13.1 Å². The monoisotopic (exact) mass is 258 g/mol. The van der Waals surface area contributed by atoms with Crippen LogP contribution in [0.1, 0.15) is 27.2 Å². The third-order valence-corrected chi connectivity index (χ3v) is 4.56. The summed E-state index contributed by atoms with van der Waals surface area (Å²) in [6.45, 7) is 6.92. The maximum Gasteiger partial charge on any atom is 0.236 e. The lowest BCUT2D eigenvalue weighted by atomic mass is 9.86. The lowest BCUT2D eigenvalue weighted by Crippen LogP contribution is -2.31. The molecule has 5 heteroatoms. The molecule has 98 valence electrons. The van der Waals surface area contributed by atoms with Gasteiger partial charge in [0.2, 0.25) is 10.0 Å². The van der Waals surface area contributed by atoms with Crippen LogP contribution in [0.3, 0.4) is 0 Å². The van der Waals surface area contributed by atoms with E-state index < -0.39 is 10.0 Å². The predicted octanol–water partition coefficient (Wildman–Crippen LogP) is 1.37. The Morgan fingerprint density at radius 3 is 2.59 bits per heavy atom. The summed E-state index contributed by atoms with van der Waals surface area (Å²) in [4.78, 5) is 0.461. The van der Waals surface area contributed by atoms with Crippen LogP contribution in [-0.2, 0) is 10.0 Å². The van der Waals surface area contributed by atoms with Gasteiger partial charge in [0, 0.05) is 13.1 Å². The summed E-state index contributed by atoms with van der Waals surface area (Å²) in [5.41, 5.74) is 6.60. The first kappa shape index (κ1) is 14.4. The molecule has 0 aliphatic heterocycles. The third-order valence-electron chi connectivity index (χ3n) is 2.99. The van der Waals surface area contributed by atoms with Crippen molar-refractivity contribution in [2.24, 2.45) is 17.6 Å². The van der Waals surface area contributed by atoms with Crippen LogP contribution in [0.2, 0.25) is 0 Å². The molecule has 0 saturated carbocycles. The Hall–Kier alpha value is -0.650. The molecular formula is C12H22N2O2S. The van der Waals surface area contributed by atoms with Gasteiger partial charge in [-0.3, -0.25) is 0 Å². The van der Waals surface area contributed by atoms with Crippen LogP contribution in [0.5, 0.6) is 0 Å². The lowest BCUT2D eigenvalue weighted by molar-refractivity contribution is 0.559. The second-order valence-corrected chi connectivity index (χ2v) is 6.57. The second kappa shape index (κ2) is 5.80. The first-order chi connectivity index (χ1) is 7.88. The number of allylic oxidation sites excluding steroid dienone is 4. The summed E-state index contributed by atoms with van der Waals surface area (Å²) in [6.07, 6.45) is 4.23. The van der Waals surface area contributed by atoms with E-state index in [0.29, 0.717) is 23.8 Å². The van der Waals surface area contributed by atoms with Gasteiger partial charge in [0.25, 0.3) is 0 Å². The molecule has 1 unspecified atom stereocenters. The maximum atomic E-state index is 11.9. The topological polar surface area (TPSA) is 72.2 Å². The average molecular weight is 258 g/mol. The molecule has 3 N–H and O–H groups in total. The number of nitrogens with one attached hydrogen (secondary N) is 1. The summed E-state index contributed by atoms with van der Waals surface area (Å²) in [5, 5.41) is 0. The molecule has 4 nitrogen and oxygen atoms in total. The van der Waals surface area contributed by atoms with Crippen molar-refractivity contribution < 1.29 is 8.42 Å². The van der Waals surface area contributed by atoms with Crippen molar-refractivity contribution in [3.05, 3.63) is 22.6 Å². The van der Waals surface area contributed by atoms with E-state index in [1.807, 2.05) is 6.08 Å². The number of hydrogen-bond donors (Lipinski definition) is 2. The molecule has 0 aromatic rings. The molecule has 0 aromatic heterocycles. The summed E-state index contributed by atoms with van der Waals surface area (Å²) in [7, 11) is -3.34. The van der Waals surface area contributed by atoms with Crippen LogP contribution in [0.25, 0.3) is 0 Å². The smallest absolute Gasteiger partial charge is 0.236 e. The molecular weight excluding hydrogens is 236 g/mol. The Balaban J connectivity index is 2.88. The highest BCUT2D eigenvalue weighted by atomic mass is 32.2. The van der Waals surface area contributed by atoms with Crippen LogP contribution >= 0.6 is 0 Å². The van der Waals surface area contributed by atoms with Crippen molar-refractivity contribution in [3.8, 4) is 0 Å². The van der Waals surface area contributed by atoms with Crippen LogP contribution in [0.15, 0.2) is 22.6 Å². The van der Waals surface area contributed by atoms with Crippen molar-refractivity contribution in [1.82, 2.24) is 4.72 Å². The third kappa shape index (κ3) is 3.66. The zero-order valence-electron chi connectivity index (χ0n) is 10.7. The van der Waals surface area contributed by atoms with E-state index in [1.165, 1.54) is 5.57 Å². The summed E-state index contributed by atoms with van der Waals surface area (Å²) < 4.78 is 26.3. The van der Waals surface area contributed by atoms with E-state index in [2.05, 4.69) is 25.5 Å². The lowest BCUT2D eigenvalue weighted by Gasteiger charge is -2.24. The number of hydrogen-bond acceptors (Lipinski definition) is 3. The second-order valence-electron chi connectivity index (χ2n) is 4.75. The Morgan fingerprint density at radius 1 is 1.47 bits per heavy atom. The van der Waals surface area contributed by atoms with Crippen LogP contribution < -0.4 is 10.5 Å². The minimum atomic E-state index is -3.34. The maximum absolute atomic E-state index is 11.9. The zero-order valence-corrected chi connectivity index (χ0v) is 11.5. The fourth-order valence-corrected chi connectivity index (χ4v) is 3.38. The zero-order chi connectivity index (χ0) is 13.1. The highest BCUT2D eigenvalue weighted by Gasteiger charge is 2.24. The fourth-order valence-electron chi connectivity index (χ4n) is 2.09. The van der Waals surface area contributed by atoms with Gasteiger partial charge < -0.3 is 5.73 Å². The fraction of sp³-hybridized carbons (Fsp3) is 0.667. The van der Waals surface area contributed by atoms with E-state index in [-0.39, 0.29) is 12.5 Å². The van der Waals surface area contributed by atoms with E-state index in [1.54, 1.807) is 6.08 Å². The Bertz CT molecular complexity index is 422. The SMILES string of the molecule is CC(C)C1=CC=C(S(=O)(=O)NCCN)CC1C. The van der Waals surface area contributed by atoms with E-state index in [4.69, 9.17) is 5.73 Å². The number of rotatable bonds is 5. The first-order valence-electron chi connectivity index (χ1n) is 5.99. The van der Waals surface area contributed by atoms with Gasteiger partial charge in [-0.1, -0.05) is 32.4 Å². The van der Waals surface area contributed by atoms with E-state index in [0.717, 1.165) is 0 Å². The van der Waals surface area contributed by atoms with E-state index >= 15 is 0 Å². The first-order valence-corrected chi connectivity index (χ1v) is 7.47. The molecule has 0 aromatic carbocycles. The average Bonchev–Trinajstić information content (AvgIpc) is 2.25. The molecule has 0 heterocycles. The molecule has 0 saturated heterocycles. The van der Waals surface area contributed by atoms with E-state index in [9.17, 15) is 8.42 Å². The summed E-state index contributed by atoms with van der Waals surface area (Å²) >= 11 is 0. The van der Waals surface area contributed by atoms with Crippen LogP contribution in [-0.4, -0.2) is 21.5 Å². The van der Waals surface area contributed by atoms with Crippen molar-refractivity contribution >= 4 is 10.0 Å². The van der Waals surface area contributed by atoms with Gasteiger partial charge in [0.15, 0.2) is 0 Å². The molecule has 0 spiro atoms. The van der Waals surface area contributed by atoms with Crippen molar-refractivity contribution in [3.63, 3.8) is 0 Å². The molecule has 1 aliphatic carbocycles. The highest BCUT2D eigenvalue weighted by Crippen LogP contribution is 2.31. The minimum Gasteiger partial charge on any atom is -0.329 e. The highest BCUT2D eigenvalue weighted by molar-refractivity contribution is 7.93. The largest absolute Gasteiger partial charge is 0.329 e. The Labute approximate surface area is 104 Å². The van der Waals surface area contributed by atoms with Gasteiger partial charge in [0.05, 0.1) is 4.91 Å². The van der Waals surface area contributed by atoms with Gasteiger partial charge in [-0.25, -0.2) is 13.1 Å². The Morgan fingerprint density at radius 2 is 2.12 bits per heavy atom.